The normalized spacial score (nSPS) is 24.8. The van der Waals surface area contributed by atoms with Crippen LogP contribution in [0.5, 0.6) is 0 Å². The minimum Gasteiger partial charge on any atom is -0.316 e. The SMILES string of the molecule is FC(F)(F)CNCC1CCNC1. The Labute approximate surface area is 69.5 Å². The zero-order chi connectivity index (χ0) is 9.03. The first-order chi connectivity index (χ1) is 5.58. The summed E-state index contributed by atoms with van der Waals surface area (Å²) in [5, 5.41) is 5.50. The van der Waals surface area contributed by atoms with E-state index in [1.165, 1.54) is 0 Å². The van der Waals surface area contributed by atoms with Crippen LogP contribution in [-0.2, 0) is 0 Å². The quantitative estimate of drug-likeness (QED) is 0.673. The van der Waals surface area contributed by atoms with Gasteiger partial charge in [0, 0.05) is 0 Å². The Hall–Kier alpha value is -0.290. The van der Waals surface area contributed by atoms with Crippen molar-refractivity contribution < 1.29 is 13.2 Å². The van der Waals surface area contributed by atoms with Crippen LogP contribution in [0, 0.1) is 5.92 Å². The summed E-state index contributed by atoms with van der Waals surface area (Å²) in [5.41, 5.74) is 0. The molecule has 5 heteroatoms. The molecule has 1 aliphatic rings. The van der Waals surface area contributed by atoms with Crippen molar-refractivity contribution in [2.75, 3.05) is 26.2 Å². The molecule has 0 radical (unpaired) electrons. The van der Waals surface area contributed by atoms with Crippen LogP contribution in [0.15, 0.2) is 0 Å². The molecule has 0 bridgehead atoms. The molecule has 2 nitrogen and oxygen atoms in total. The van der Waals surface area contributed by atoms with Crippen molar-refractivity contribution in [3.63, 3.8) is 0 Å². The van der Waals surface area contributed by atoms with Gasteiger partial charge in [0.2, 0.25) is 0 Å². The third-order valence-corrected chi connectivity index (χ3v) is 1.92. The largest absolute Gasteiger partial charge is 0.401 e. The summed E-state index contributed by atoms with van der Waals surface area (Å²) < 4.78 is 35.0. The Kier molecular flexibility index (Phi) is 3.34. The fraction of sp³-hybridized carbons (Fsp3) is 1.00. The van der Waals surface area contributed by atoms with E-state index in [9.17, 15) is 13.2 Å². The second-order valence-electron chi connectivity index (χ2n) is 3.10. The lowest BCUT2D eigenvalue weighted by Crippen LogP contribution is -2.33. The molecule has 0 saturated carbocycles. The van der Waals surface area contributed by atoms with Gasteiger partial charge >= 0.3 is 6.18 Å². The Morgan fingerprint density at radius 3 is 2.67 bits per heavy atom. The van der Waals surface area contributed by atoms with E-state index in [1.807, 2.05) is 0 Å². The van der Waals surface area contributed by atoms with Gasteiger partial charge in [0.25, 0.3) is 0 Å². The van der Waals surface area contributed by atoms with Gasteiger partial charge in [0.15, 0.2) is 0 Å². The van der Waals surface area contributed by atoms with E-state index in [0.717, 1.165) is 19.5 Å². The van der Waals surface area contributed by atoms with Gasteiger partial charge in [0.1, 0.15) is 0 Å². The van der Waals surface area contributed by atoms with Gasteiger partial charge in [-0.25, -0.2) is 0 Å². The molecule has 12 heavy (non-hydrogen) atoms. The van der Waals surface area contributed by atoms with Crippen LogP contribution in [0.1, 0.15) is 6.42 Å². The number of hydrogen-bond donors (Lipinski definition) is 2. The number of rotatable bonds is 3. The molecule has 1 fully saturated rings. The van der Waals surface area contributed by atoms with Crippen LogP contribution in [0.25, 0.3) is 0 Å². The first-order valence-electron chi connectivity index (χ1n) is 4.06. The fourth-order valence-corrected chi connectivity index (χ4v) is 1.31. The molecular formula is C7H13F3N2. The Bertz CT molecular complexity index is 129. The van der Waals surface area contributed by atoms with E-state index in [0.29, 0.717) is 12.5 Å². The number of halogens is 3. The zero-order valence-corrected chi connectivity index (χ0v) is 6.75. The highest BCUT2D eigenvalue weighted by molar-refractivity contribution is 4.73. The Balaban J connectivity index is 2.02. The maximum atomic E-state index is 11.7. The van der Waals surface area contributed by atoms with Gasteiger partial charge in [-0.05, 0) is 32.0 Å². The van der Waals surface area contributed by atoms with Crippen LogP contribution >= 0.6 is 0 Å². The number of alkyl halides is 3. The molecule has 1 heterocycles. The van der Waals surface area contributed by atoms with E-state index in [4.69, 9.17) is 0 Å². The summed E-state index contributed by atoms with van der Waals surface area (Å²) in [6.07, 6.45) is -3.10. The molecule has 1 aliphatic heterocycles. The van der Waals surface area contributed by atoms with Crippen molar-refractivity contribution in [1.29, 1.82) is 0 Å². The summed E-state index contributed by atoms with van der Waals surface area (Å²) in [6.45, 7) is 1.36. The highest BCUT2D eigenvalue weighted by atomic mass is 19.4. The standard InChI is InChI=1S/C7H13F3N2/c8-7(9,10)5-12-4-6-1-2-11-3-6/h6,11-12H,1-5H2. The van der Waals surface area contributed by atoms with E-state index in [1.54, 1.807) is 0 Å². The second kappa shape index (κ2) is 4.09. The van der Waals surface area contributed by atoms with Gasteiger partial charge < -0.3 is 10.6 Å². The monoisotopic (exact) mass is 182 g/mol. The molecule has 1 saturated heterocycles. The first kappa shape index (κ1) is 9.80. The lowest BCUT2D eigenvalue weighted by Gasteiger charge is -2.11. The van der Waals surface area contributed by atoms with E-state index < -0.39 is 12.7 Å². The molecule has 0 aliphatic carbocycles. The highest BCUT2D eigenvalue weighted by Gasteiger charge is 2.26. The number of nitrogens with one attached hydrogen (secondary N) is 2. The number of hydrogen-bond acceptors (Lipinski definition) is 2. The first-order valence-corrected chi connectivity index (χ1v) is 4.06. The van der Waals surface area contributed by atoms with Crippen LogP contribution in [0.2, 0.25) is 0 Å². The summed E-state index contributed by atoms with van der Waals surface area (Å²) in [7, 11) is 0. The van der Waals surface area contributed by atoms with Crippen molar-refractivity contribution in [3.05, 3.63) is 0 Å². The van der Waals surface area contributed by atoms with Crippen molar-refractivity contribution in [3.8, 4) is 0 Å². The molecule has 72 valence electrons. The van der Waals surface area contributed by atoms with Crippen molar-refractivity contribution in [2.45, 2.75) is 12.6 Å². The van der Waals surface area contributed by atoms with Crippen LogP contribution in [0.4, 0.5) is 13.2 Å². The maximum Gasteiger partial charge on any atom is 0.401 e. The molecular weight excluding hydrogens is 169 g/mol. The third-order valence-electron chi connectivity index (χ3n) is 1.92. The molecule has 0 aromatic carbocycles. The van der Waals surface area contributed by atoms with Crippen LogP contribution in [0.3, 0.4) is 0 Å². The minimum atomic E-state index is -4.08. The Morgan fingerprint density at radius 1 is 1.42 bits per heavy atom. The maximum absolute atomic E-state index is 11.7. The molecule has 1 atom stereocenters. The summed E-state index contributed by atoms with van der Waals surface area (Å²) >= 11 is 0. The summed E-state index contributed by atoms with van der Waals surface area (Å²) in [6, 6.07) is 0. The van der Waals surface area contributed by atoms with Crippen molar-refractivity contribution in [1.82, 2.24) is 10.6 Å². The molecule has 0 aromatic rings. The van der Waals surface area contributed by atoms with Crippen LogP contribution in [-0.4, -0.2) is 32.4 Å². The average Bonchev–Trinajstić information content (AvgIpc) is 2.36. The molecule has 0 amide bonds. The van der Waals surface area contributed by atoms with Gasteiger partial charge in [0.05, 0.1) is 6.54 Å². The van der Waals surface area contributed by atoms with Gasteiger partial charge in [-0.2, -0.15) is 13.2 Å². The molecule has 0 aromatic heterocycles. The van der Waals surface area contributed by atoms with Gasteiger partial charge in [-0.1, -0.05) is 0 Å². The lowest BCUT2D eigenvalue weighted by atomic mass is 10.1. The molecule has 2 N–H and O–H groups in total. The topological polar surface area (TPSA) is 24.1 Å². The molecule has 1 rings (SSSR count). The van der Waals surface area contributed by atoms with Gasteiger partial charge in [-0.3, -0.25) is 0 Å². The minimum absolute atomic E-state index is 0.368. The second-order valence-corrected chi connectivity index (χ2v) is 3.10. The predicted molar refractivity (Wildman–Crippen MR) is 39.9 cm³/mol. The molecule has 1 unspecified atom stereocenters. The average molecular weight is 182 g/mol. The smallest absolute Gasteiger partial charge is 0.316 e. The predicted octanol–water partition coefficient (Wildman–Crippen LogP) is 0.748. The van der Waals surface area contributed by atoms with E-state index in [-0.39, 0.29) is 0 Å². The summed E-state index contributed by atoms with van der Waals surface area (Å²) in [5.74, 6) is 0.368. The van der Waals surface area contributed by atoms with Crippen molar-refractivity contribution in [2.24, 2.45) is 5.92 Å². The van der Waals surface area contributed by atoms with Crippen molar-refractivity contribution >= 4 is 0 Å². The fourth-order valence-electron chi connectivity index (χ4n) is 1.31. The van der Waals surface area contributed by atoms with E-state index >= 15 is 0 Å². The zero-order valence-electron chi connectivity index (χ0n) is 6.75. The third kappa shape index (κ3) is 3.92. The summed E-state index contributed by atoms with van der Waals surface area (Å²) in [4.78, 5) is 0. The lowest BCUT2D eigenvalue weighted by molar-refractivity contribution is -0.125. The van der Waals surface area contributed by atoms with Gasteiger partial charge in [-0.15, -0.1) is 0 Å². The highest BCUT2D eigenvalue weighted by Crippen LogP contribution is 2.13. The Morgan fingerprint density at radius 2 is 2.17 bits per heavy atom. The van der Waals surface area contributed by atoms with Crippen LogP contribution < -0.4 is 10.6 Å². The molecule has 0 spiro atoms. The van der Waals surface area contributed by atoms with E-state index in [2.05, 4.69) is 10.6 Å².